The number of carbonyl (C=O) groups excluding carboxylic acids is 1. The Kier molecular flexibility index (Phi) is 20.1. The van der Waals surface area contributed by atoms with Gasteiger partial charge in [-0.25, -0.2) is 0 Å². The van der Waals surface area contributed by atoms with Crippen molar-refractivity contribution in [3.8, 4) is 22.5 Å². The summed E-state index contributed by atoms with van der Waals surface area (Å²) >= 11 is 3.80. The van der Waals surface area contributed by atoms with Gasteiger partial charge in [-0.3, -0.25) is 14.8 Å². The van der Waals surface area contributed by atoms with Crippen LogP contribution in [0.15, 0.2) is 147 Å². The molecule has 0 unspecified atom stereocenters. The standard InChI is InChI=1S/C34H34NS.C33H32NS.C17H32O2.Ir/c1-20-11-12-23-22(15-20)16-27-31-30-25(13-14-35-31)24-10-8-9-21(18-33(2,3)4)26(24)17-29(30)36-32(27)28(23)19-34(5,6)7;1-32(2,3)18-21-11-9-13-23-24-14-15-34-30-26-16-20-10-7-8-12-22(20)27(19-33(4,5)6)31(26)35-28(29(24)30)17-25(21)23;1-7-16(8-2,9-3)14(18)13-15(19)17(10-4,11-5)12-6;/h8-15,17H,18-19H2,1-7H3;7-15,17H,18-19H2,1-6H3;13,18H,7-12H2,1-6H3;/q2*-1;;/b;;14-13-;/i;15D;;. The zero-order valence-corrected chi connectivity index (χ0v) is 62.0. The van der Waals surface area contributed by atoms with Crippen LogP contribution >= 0.6 is 23.5 Å². The van der Waals surface area contributed by atoms with Crippen molar-refractivity contribution in [3.05, 3.63) is 167 Å². The van der Waals surface area contributed by atoms with E-state index in [2.05, 4.69) is 241 Å². The van der Waals surface area contributed by atoms with E-state index in [0.29, 0.717) is 6.17 Å². The molecule has 0 fully saturated rings. The number of allylic oxidation sites excluding steroid dienone is 2. The maximum absolute atomic E-state index is 12.5. The summed E-state index contributed by atoms with van der Waals surface area (Å²) < 4.78 is 8.66. The average molecular weight is 1430 g/mol. The number of benzene rings is 8. The van der Waals surface area contributed by atoms with Crippen molar-refractivity contribution >= 4 is 93.9 Å². The molecule has 0 amide bonds. The first-order chi connectivity index (χ1) is 42.9. The van der Waals surface area contributed by atoms with Crippen LogP contribution in [-0.4, -0.2) is 20.9 Å². The number of fused-ring (bicyclic) bond motifs is 10. The number of aliphatic hydroxyl groups excluding tert-OH is 1. The molecule has 10 aromatic rings. The first-order valence-electron chi connectivity index (χ1n) is 33.9. The normalized spacial score (nSPS) is 13.6. The first kappa shape index (κ1) is 68.1. The molecule has 1 N–H and O–H groups in total. The summed E-state index contributed by atoms with van der Waals surface area (Å²) in [6, 6.07) is 45.4. The summed E-state index contributed by atoms with van der Waals surface area (Å²) in [7, 11) is 0. The van der Waals surface area contributed by atoms with E-state index in [-0.39, 0.29) is 64.1 Å². The quantitative estimate of drug-likeness (QED) is 0.0537. The molecule has 2 aliphatic rings. The number of carbonyl (C=O) groups is 1. The van der Waals surface area contributed by atoms with Crippen LogP contribution in [0.4, 0.5) is 0 Å². The molecule has 479 valence electrons. The predicted molar refractivity (Wildman–Crippen MR) is 390 cm³/mol. The van der Waals surface area contributed by atoms with Crippen molar-refractivity contribution in [1.29, 1.82) is 0 Å². The van der Waals surface area contributed by atoms with Crippen LogP contribution in [0.1, 0.15) is 192 Å². The molecule has 91 heavy (non-hydrogen) atoms. The third-order valence-electron chi connectivity index (χ3n) is 19.3. The van der Waals surface area contributed by atoms with Gasteiger partial charge in [0.05, 0.1) is 1.37 Å². The number of aryl methyl sites for hydroxylation is 1. The zero-order chi connectivity index (χ0) is 65.9. The van der Waals surface area contributed by atoms with Crippen LogP contribution in [-0.2, 0) is 50.6 Å². The minimum absolute atomic E-state index is 0. The molecule has 8 aromatic carbocycles. The molecule has 7 heteroatoms. The van der Waals surface area contributed by atoms with Gasteiger partial charge in [0.25, 0.3) is 0 Å². The molecule has 4 nitrogen and oxygen atoms in total. The molecule has 0 aliphatic carbocycles. The molecule has 12 rings (SSSR count). The van der Waals surface area contributed by atoms with Gasteiger partial charge in [-0.1, -0.05) is 230 Å². The monoisotopic (exact) mass is 1420 g/mol. The van der Waals surface area contributed by atoms with E-state index >= 15 is 0 Å². The van der Waals surface area contributed by atoms with Gasteiger partial charge in [-0.05, 0) is 181 Å². The number of hydrogen-bond donors (Lipinski definition) is 1. The Morgan fingerprint density at radius 3 is 1.42 bits per heavy atom. The number of ketones is 1. The van der Waals surface area contributed by atoms with Crippen molar-refractivity contribution < 1.29 is 31.4 Å². The van der Waals surface area contributed by atoms with E-state index in [9.17, 15) is 9.90 Å². The van der Waals surface area contributed by atoms with E-state index in [1.54, 1.807) is 0 Å². The predicted octanol–water partition coefficient (Wildman–Crippen LogP) is 25.0. The second-order valence-corrected chi connectivity index (χ2v) is 32.9. The van der Waals surface area contributed by atoms with Gasteiger partial charge in [0.15, 0.2) is 5.78 Å². The van der Waals surface area contributed by atoms with Gasteiger partial charge in [0.2, 0.25) is 0 Å². The first-order valence-corrected chi connectivity index (χ1v) is 35.0. The van der Waals surface area contributed by atoms with Gasteiger partial charge >= 0.3 is 0 Å². The van der Waals surface area contributed by atoms with Crippen molar-refractivity contribution in [3.63, 3.8) is 0 Å². The Morgan fingerprint density at radius 2 is 0.934 bits per heavy atom. The third kappa shape index (κ3) is 14.2. The van der Waals surface area contributed by atoms with Crippen molar-refractivity contribution in [1.82, 2.24) is 9.97 Å². The molecule has 0 atom stereocenters. The van der Waals surface area contributed by atoms with Crippen LogP contribution in [0.5, 0.6) is 0 Å². The second kappa shape index (κ2) is 26.9. The Hall–Kier alpha value is -5.82. The second-order valence-electron chi connectivity index (χ2n) is 30.8. The molecular weight excluding hydrogens is 1330 g/mol. The number of hydrogen-bond acceptors (Lipinski definition) is 6. The Bertz CT molecular complexity index is 4470. The van der Waals surface area contributed by atoms with Crippen LogP contribution in [0.25, 0.3) is 87.1 Å². The number of pyridine rings is 2. The number of aromatic nitrogens is 2. The van der Waals surface area contributed by atoms with Crippen molar-refractivity contribution in [2.45, 2.75) is 215 Å². The number of nitrogens with zero attached hydrogens (tertiary/aromatic N) is 2. The summed E-state index contributed by atoms with van der Waals surface area (Å²) in [5.74, 6) is 0.377. The number of rotatable bonds is 13. The van der Waals surface area contributed by atoms with Gasteiger partial charge in [0.1, 0.15) is 5.76 Å². The Balaban J connectivity index is 0.000000171. The van der Waals surface area contributed by atoms with Crippen LogP contribution in [0.2, 0.25) is 0 Å². The van der Waals surface area contributed by atoms with Crippen LogP contribution in [0.3, 0.4) is 0 Å². The van der Waals surface area contributed by atoms with E-state index < -0.39 is 0 Å². The van der Waals surface area contributed by atoms with Gasteiger partial charge in [-0.2, -0.15) is 0 Å². The van der Waals surface area contributed by atoms with E-state index in [4.69, 9.17) is 11.3 Å². The minimum atomic E-state index is -0.297. The SMILES string of the molecule is CCC(CC)(CC)C(=O)/C=C(\O)C(CC)(CC)CC.Cc1ccc2c(CC(C)(C)C)c3c([c-]c2c1)-c1nccc2c1c(cc1c(CC(C)(C)C)cccc12)S3.[2H]c1cc2c3c(cc4c(CC(C)(C)C)cccc42)Sc2c([c-]c4ccccc4c2CC(C)(C)C)-c3n1.[Ir]. The van der Waals surface area contributed by atoms with Crippen molar-refractivity contribution in [2.24, 2.45) is 32.5 Å². The zero-order valence-electron chi connectivity index (χ0n) is 58.9. The minimum Gasteiger partial charge on any atom is -0.512 e. The molecule has 0 saturated heterocycles. The largest absolute Gasteiger partial charge is 0.512 e. The molecule has 1 radical (unpaired) electrons. The van der Waals surface area contributed by atoms with E-state index in [1.807, 2.05) is 35.8 Å². The number of aliphatic hydroxyl groups is 1. The summed E-state index contributed by atoms with van der Waals surface area (Å²) in [6.45, 7) is 42.4. The average Bonchev–Trinajstić information content (AvgIpc) is 0.724. The van der Waals surface area contributed by atoms with Gasteiger partial charge < -0.3 is 5.11 Å². The van der Waals surface area contributed by atoms with Crippen molar-refractivity contribution in [2.75, 3.05) is 0 Å². The van der Waals surface area contributed by atoms with E-state index in [1.165, 1.54) is 108 Å². The summed E-state index contributed by atoms with van der Waals surface area (Å²) in [4.78, 5) is 27.5. The van der Waals surface area contributed by atoms with Crippen LogP contribution in [0, 0.1) is 51.5 Å². The third-order valence-corrected chi connectivity index (χ3v) is 21.7. The maximum atomic E-state index is 12.5. The topological polar surface area (TPSA) is 63.1 Å². The summed E-state index contributed by atoms with van der Waals surface area (Å²) in [5, 5.41) is 25.4. The van der Waals surface area contributed by atoms with Crippen LogP contribution < -0.4 is 0 Å². The molecular formula is C84H98IrN2O2S2-2. The molecule has 0 spiro atoms. The molecule has 0 bridgehead atoms. The molecule has 2 aromatic heterocycles. The fraction of sp³-hybridized carbons (Fsp3) is 0.417. The molecule has 4 heterocycles. The fourth-order valence-corrected chi connectivity index (χ4v) is 16.8. The Morgan fingerprint density at radius 1 is 0.495 bits per heavy atom. The summed E-state index contributed by atoms with van der Waals surface area (Å²) in [5.41, 5.74) is 11.3. The maximum Gasteiger partial charge on any atom is 0.165 e. The molecule has 2 aliphatic heterocycles. The Labute approximate surface area is 568 Å². The van der Waals surface area contributed by atoms with Gasteiger partial charge in [-0.15, -0.1) is 58.6 Å². The molecule has 0 saturated carbocycles. The fourth-order valence-electron chi connectivity index (χ4n) is 14.2. The van der Waals surface area contributed by atoms with E-state index in [0.717, 1.165) is 97.3 Å². The van der Waals surface area contributed by atoms with Gasteiger partial charge in [0, 0.05) is 70.6 Å². The summed E-state index contributed by atoms with van der Waals surface area (Å²) in [6.07, 6.45) is 13.0. The smallest absolute Gasteiger partial charge is 0.165 e.